The second-order valence-corrected chi connectivity index (χ2v) is 6.02. The highest BCUT2D eigenvalue weighted by Crippen LogP contribution is 2.18. The van der Waals surface area contributed by atoms with Crippen molar-refractivity contribution < 1.29 is 8.42 Å². The van der Waals surface area contributed by atoms with Gasteiger partial charge in [0.25, 0.3) is 0 Å². The molecule has 0 aliphatic carbocycles. The zero-order chi connectivity index (χ0) is 11.3. The van der Waals surface area contributed by atoms with Crippen molar-refractivity contribution in [1.29, 1.82) is 0 Å². The van der Waals surface area contributed by atoms with Crippen molar-refractivity contribution in [1.82, 2.24) is 10.0 Å². The predicted molar refractivity (Wildman–Crippen MR) is 62.6 cm³/mol. The van der Waals surface area contributed by atoms with Gasteiger partial charge in [-0.25, -0.2) is 13.1 Å². The summed E-state index contributed by atoms with van der Waals surface area (Å²) in [6.07, 6.45) is 1.08. The number of rotatable bonds is 6. The lowest BCUT2D eigenvalue weighted by molar-refractivity contribution is 0.588. The van der Waals surface area contributed by atoms with Gasteiger partial charge in [0.2, 0.25) is 10.0 Å². The molecule has 0 saturated carbocycles. The van der Waals surface area contributed by atoms with Gasteiger partial charge in [-0.05, 0) is 26.1 Å². The predicted octanol–water partition coefficient (Wildman–Crippen LogP) is 1.16. The number of hydrogen-bond donors (Lipinski definition) is 2. The molecule has 1 rings (SSSR count). The third-order valence-electron chi connectivity index (χ3n) is 1.93. The van der Waals surface area contributed by atoms with E-state index in [0.29, 0.717) is 4.90 Å². The first-order valence-corrected chi connectivity index (χ1v) is 7.18. The number of nitrogens with one attached hydrogen (secondary N) is 2. The normalized spacial score (nSPS) is 11.9. The minimum Gasteiger partial charge on any atom is -0.312 e. The van der Waals surface area contributed by atoms with Crippen LogP contribution in [0, 0.1) is 0 Å². The van der Waals surface area contributed by atoms with Crippen LogP contribution in [0.4, 0.5) is 0 Å². The van der Waals surface area contributed by atoms with Gasteiger partial charge in [-0.2, -0.15) is 0 Å². The third kappa shape index (κ3) is 3.57. The van der Waals surface area contributed by atoms with Crippen LogP contribution in [0.3, 0.4) is 0 Å². The fourth-order valence-electron chi connectivity index (χ4n) is 1.10. The minimum atomic E-state index is -3.28. The second-order valence-electron chi connectivity index (χ2n) is 3.13. The highest BCUT2D eigenvalue weighted by molar-refractivity contribution is 7.89. The molecular weight excluding hydrogens is 232 g/mol. The SMILES string of the molecule is CCCNCc1cc(S(=O)(=O)NC)cs1. The molecule has 0 amide bonds. The smallest absolute Gasteiger partial charge is 0.241 e. The Hall–Kier alpha value is -0.430. The number of sulfonamides is 1. The summed E-state index contributed by atoms with van der Waals surface area (Å²) in [5.41, 5.74) is 0. The molecule has 86 valence electrons. The molecule has 1 heterocycles. The summed E-state index contributed by atoms with van der Waals surface area (Å²) in [4.78, 5) is 1.39. The van der Waals surface area contributed by atoms with E-state index >= 15 is 0 Å². The lowest BCUT2D eigenvalue weighted by atomic mass is 10.4. The molecule has 0 radical (unpaired) electrons. The molecule has 0 atom stereocenters. The van der Waals surface area contributed by atoms with Crippen molar-refractivity contribution >= 4 is 21.4 Å². The van der Waals surface area contributed by atoms with E-state index in [2.05, 4.69) is 17.0 Å². The van der Waals surface area contributed by atoms with E-state index in [1.54, 1.807) is 11.4 Å². The van der Waals surface area contributed by atoms with Gasteiger partial charge in [0.15, 0.2) is 0 Å². The molecule has 4 nitrogen and oxygen atoms in total. The van der Waals surface area contributed by atoms with Crippen molar-refractivity contribution in [3.63, 3.8) is 0 Å². The quantitative estimate of drug-likeness (QED) is 0.743. The standard InChI is InChI=1S/C9H16N2O2S2/c1-3-4-11-6-8-5-9(7-14-8)15(12,13)10-2/h5,7,10-11H,3-4,6H2,1-2H3. The van der Waals surface area contributed by atoms with Crippen LogP contribution in [0.5, 0.6) is 0 Å². The van der Waals surface area contributed by atoms with Crippen LogP contribution in [-0.4, -0.2) is 22.0 Å². The summed E-state index contributed by atoms with van der Waals surface area (Å²) in [5.74, 6) is 0. The molecule has 0 aromatic carbocycles. The fourth-order valence-corrected chi connectivity index (χ4v) is 3.08. The molecule has 0 bridgehead atoms. The van der Waals surface area contributed by atoms with Crippen LogP contribution in [0.15, 0.2) is 16.3 Å². The lowest BCUT2D eigenvalue weighted by Crippen LogP contribution is -2.18. The van der Waals surface area contributed by atoms with E-state index in [1.807, 2.05) is 0 Å². The zero-order valence-corrected chi connectivity index (χ0v) is 10.5. The van der Waals surface area contributed by atoms with Gasteiger partial charge in [-0.1, -0.05) is 6.92 Å². The lowest BCUT2D eigenvalue weighted by Gasteiger charge is -1.99. The summed E-state index contributed by atoms with van der Waals surface area (Å²) < 4.78 is 25.1. The van der Waals surface area contributed by atoms with E-state index < -0.39 is 10.0 Å². The zero-order valence-electron chi connectivity index (χ0n) is 8.91. The fraction of sp³-hybridized carbons (Fsp3) is 0.556. The van der Waals surface area contributed by atoms with Gasteiger partial charge in [0, 0.05) is 16.8 Å². The Morgan fingerprint density at radius 3 is 2.80 bits per heavy atom. The first-order chi connectivity index (χ1) is 7.10. The highest BCUT2D eigenvalue weighted by atomic mass is 32.2. The molecule has 0 unspecified atom stereocenters. The summed E-state index contributed by atoms with van der Waals surface area (Å²) >= 11 is 1.46. The summed E-state index contributed by atoms with van der Waals surface area (Å²) in [6, 6.07) is 1.71. The summed E-state index contributed by atoms with van der Waals surface area (Å²) in [5, 5.41) is 4.89. The van der Waals surface area contributed by atoms with E-state index in [0.717, 1.165) is 24.4 Å². The molecule has 0 spiro atoms. The Bertz CT molecular complexity index is 398. The van der Waals surface area contributed by atoms with Crippen molar-refractivity contribution in [2.75, 3.05) is 13.6 Å². The largest absolute Gasteiger partial charge is 0.312 e. The van der Waals surface area contributed by atoms with E-state index in [1.165, 1.54) is 18.4 Å². The average molecular weight is 248 g/mol. The van der Waals surface area contributed by atoms with E-state index in [-0.39, 0.29) is 0 Å². The molecule has 0 saturated heterocycles. The van der Waals surface area contributed by atoms with Gasteiger partial charge in [0.05, 0.1) is 4.90 Å². The molecular formula is C9H16N2O2S2. The van der Waals surface area contributed by atoms with Crippen LogP contribution >= 0.6 is 11.3 Å². The van der Waals surface area contributed by atoms with Gasteiger partial charge in [-0.15, -0.1) is 11.3 Å². The maximum atomic E-state index is 11.4. The number of thiophene rings is 1. The maximum absolute atomic E-state index is 11.4. The monoisotopic (exact) mass is 248 g/mol. The Morgan fingerprint density at radius 1 is 1.47 bits per heavy atom. The summed E-state index contributed by atoms with van der Waals surface area (Å²) in [7, 11) is -1.86. The van der Waals surface area contributed by atoms with Gasteiger partial charge >= 0.3 is 0 Å². The van der Waals surface area contributed by atoms with Crippen molar-refractivity contribution in [3.8, 4) is 0 Å². The molecule has 1 aromatic heterocycles. The highest BCUT2D eigenvalue weighted by Gasteiger charge is 2.13. The first kappa shape index (κ1) is 12.6. The molecule has 0 aliphatic heterocycles. The van der Waals surface area contributed by atoms with Crippen molar-refractivity contribution in [2.24, 2.45) is 0 Å². The maximum Gasteiger partial charge on any atom is 0.241 e. The topological polar surface area (TPSA) is 58.2 Å². The van der Waals surface area contributed by atoms with Crippen LogP contribution in [0.25, 0.3) is 0 Å². The van der Waals surface area contributed by atoms with E-state index in [4.69, 9.17) is 0 Å². The molecule has 6 heteroatoms. The van der Waals surface area contributed by atoms with Gasteiger partial charge in [-0.3, -0.25) is 0 Å². The molecule has 1 aromatic rings. The van der Waals surface area contributed by atoms with Gasteiger partial charge in [0.1, 0.15) is 0 Å². The molecule has 15 heavy (non-hydrogen) atoms. The minimum absolute atomic E-state index is 0.350. The van der Waals surface area contributed by atoms with Crippen LogP contribution in [0.1, 0.15) is 18.2 Å². The number of hydrogen-bond acceptors (Lipinski definition) is 4. The Morgan fingerprint density at radius 2 is 2.20 bits per heavy atom. The van der Waals surface area contributed by atoms with Crippen LogP contribution in [0.2, 0.25) is 0 Å². The first-order valence-electron chi connectivity index (χ1n) is 4.82. The Balaban J connectivity index is 2.65. The van der Waals surface area contributed by atoms with E-state index in [9.17, 15) is 8.42 Å². The molecule has 0 aliphatic rings. The Labute approximate surface area is 94.8 Å². The molecule has 2 N–H and O–H groups in total. The van der Waals surface area contributed by atoms with Crippen LogP contribution < -0.4 is 10.0 Å². The summed E-state index contributed by atoms with van der Waals surface area (Å²) in [6.45, 7) is 3.78. The van der Waals surface area contributed by atoms with Crippen molar-refractivity contribution in [3.05, 3.63) is 16.3 Å². The average Bonchev–Trinajstić information content (AvgIpc) is 2.68. The second kappa shape index (κ2) is 5.60. The Kier molecular flexibility index (Phi) is 4.72. The third-order valence-corrected chi connectivity index (χ3v) is 4.41. The van der Waals surface area contributed by atoms with Crippen LogP contribution in [-0.2, 0) is 16.6 Å². The van der Waals surface area contributed by atoms with Gasteiger partial charge < -0.3 is 5.32 Å². The molecule has 0 fully saturated rings. The van der Waals surface area contributed by atoms with Crippen molar-refractivity contribution in [2.45, 2.75) is 24.8 Å².